The summed E-state index contributed by atoms with van der Waals surface area (Å²) in [6.45, 7) is 5.12. The summed E-state index contributed by atoms with van der Waals surface area (Å²) in [5, 5.41) is 0. The first-order chi connectivity index (χ1) is 5.82. The third-order valence-corrected chi connectivity index (χ3v) is 3.00. The molecule has 0 aromatic heterocycles. The summed E-state index contributed by atoms with van der Waals surface area (Å²) < 4.78 is 32.5. The number of rotatable bonds is 1. The maximum Gasteiger partial charge on any atom is 1.00 e. The summed E-state index contributed by atoms with van der Waals surface area (Å²) in [6, 6.07) is 3.38. The van der Waals surface area contributed by atoms with Gasteiger partial charge in [-0.1, -0.05) is 17.7 Å². The van der Waals surface area contributed by atoms with Crippen molar-refractivity contribution in [1.82, 2.24) is 0 Å². The van der Waals surface area contributed by atoms with Crippen LogP contribution in [0.1, 0.15) is 16.7 Å². The van der Waals surface area contributed by atoms with Gasteiger partial charge in [-0.25, -0.2) is 8.42 Å². The molecule has 0 saturated heterocycles. The topological polar surface area (TPSA) is 57.2 Å². The molecule has 0 aliphatic rings. The van der Waals surface area contributed by atoms with Crippen LogP contribution in [0.5, 0.6) is 0 Å². The maximum absolute atomic E-state index is 10.8. The fourth-order valence-electron chi connectivity index (χ4n) is 1.56. The molecule has 5 heteroatoms. The third-order valence-electron chi connectivity index (χ3n) is 1.85. The number of hydrogen-bond donors (Lipinski definition) is 0. The fraction of sp³-hybridized carbons (Fsp3) is 0.333. The van der Waals surface area contributed by atoms with Crippen LogP contribution < -0.4 is 0 Å². The molecule has 0 bridgehead atoms. The zero-order valence-electron chi connectivity index (χ0n) is 8.09. The Kier molecular flexibility index (Phi) is 4.55. The molecule has 14 heavy (non-hydrogen) atoms. The van der Waals surface area contributed by atoms with Crippen LogP contribution in [0.3, 0.4) is 0 Å². The first kappa shape index (κ1) is 13.9. The average molecular weight is 307 g/mol. The quantitative estimate of drug-likeness (QED) is 0.584. The van der Waals surface area contributed by atoms with Crippen LogP contribution in [-0.4, -0.2) is 13.0 Å². The van der Waals surface area contributed by atoms with Gasteiger partial charge < -0.3 is 4.55 Å². The molecule has 0 saturated carbocycles. The predicted octanol–water partition coefficient (Wildman–Crippen LogP) is 1.51. The summed E-state index contributed by atoms with van der Waals surface area (Å²) in [7, 11) is -4.33. The van der Waals surface area contributed by atoms with Crippen LogP contribution in [0, 0.1) is 20.8 Å². The molecule has 0 aliphatic heterocycles. The van der Waals surface area contributed by atoms with E-state index in [0.717, 1.165) is 5.56 Å². The molecule has 0 radical (unpaired) electrons. The van der Waals surface area contributed by atoms with Gasteiger partial charge in [0.05, 0.1) is 4.90 Å². The summed E-state index contributed by atoms with van der Waals surface area (Å²) in [4.78, 5) is -0.0851. The van der Waals surface area contributed by atoms with Gasteiger partial charge in [0, 0.05) is 0 Å². The van der Waals surface area contributed by atoms with E-state index in [0.29, 0.717) is 11.1 Å². The van der Waals surface area contributed by atoms with Crippen LogP contribution in [0.15, 0.2) is 17.0 Å². The van der Waals surface area contributed by atoms with Gasteiger partial charge in [-0.3, -0.25) is 0 Å². The Morgan fingerprint density at radius 3 is 1.71 bits per heavy atom. The minimum atomic E-state index is -4.33. The molecule has 1 aromatic carbocycles. The van der Waals surface area contributed by atoms with E-state index in [-0.39, 0.29) is 27.3 Å². The van der Waals surface area contributed by atoms with Crippen LogP contribution in [0.25, 0.3) is 0 Å². The average Bonchev–Trinajstić information content (AvgIpc) is 1.78. The number of benzene rings is 1. The maximum atomic E-state index is 10.8. The van der Waals surface area contributed by atoms with Crippen LogP contribution in [0.2, 0.25) is 0 Å². The Balaban J connectivity index is 0.00000169. The molecule has 0 fully saturated rings. The van der Waals surface area contributed by atoms with Crippen molar-refractivity contribution in [1.29, 1.82) is 0 Å². The van der Waals surface area contributed by atoms with Crippen molar-refractivity contribution >= 4 is 10.1 Å². The van der Waals surface area contributed by atoms with Gasteiger partial charge in [-0.2, -0.15) is 0 Å². The van der Waals surface area contributed by atoms with Crippen molar-refractivity contribution in [3.05, 3.63) is 28.8 Å². The molecule has 0 atom stereocenters. The Labute approximate surface area is 99.8 Å². The van der Waals surface area contributed by atoms with E-state index in [1.807, 2.05) is 6.92 Å². The van der Waals surface area contributed by atoms with E-state index in [2.05, 4.69) is 0 Å². The van der Waals surface area contributed by atoms with Crippen molar-refractivity contribution in [2.24, 2.45) is 0 Å². The minimum Gasteiger partial charge on any atom is -0.744 e. The second-order valence-electron chi connectivity index (χ2n) is 3.18. The van der Waals surface area contributed by atoms with Gasteiger partial charge in [0.2, 0.25) is 0 Å². The summed E-state index contributed by atoms with van der Waals surface area (Å²) in [6.07, 6.45) is 0. The molecule has 0 unspecified atom stereocenters. The van der Waals surface area contributed by atoms with Crippen LogP contribution in [-0.2, 0) is 32.5 Å². The molecular weight excluding hydrogens is 296 g/mol. The van der Waals surface area contributed by atoms with Crippen molar-refractivity contribution < 1.29 is 35.4 Å². The second-order valence-corrected chi connectivity index (χ2v) is 4.50. The first-order valence-electron chi connectivity index (χ1n) is 3.86. The van der Waals surface area contributed by atoms with Gasteiger partial charge in [0.25, 0.3) is 0 Å². The molecule has 82 valence electrons. The second kappa shape index (κ2) is 4.59. The Hall–Kier alpha value is -0.130. The van der Waals surface area contributed by atoms with E-state index >= 15 is 0 Å². The zero-order chi connectivity index (χ0) is 10.2. The van der Waals surface area contributed by atoms with Crippen molar-refractivity contribution in [3.8, 4) is 0 Å². The van der Waals surface area contributed by atoms with E-state index < -0.39 is 10.1 Å². The summed E-state index contributed by atoms with van der Waals surface area (Å²) in [5.41, 5.74) is 2.00. The normalized spacial score (nSPS) is 10.9. The molecule has 0 amide bonds. The first-order valence-corrected chi connectivity index (χ1v) is 5.27. The Morgan fingerprint density at radius 1 is 1.07 bits per heavy atom. The molecule has 0 N–H and O–H groups in total. The Bertz CT molecular complexity index is 414. The molecule has 3 nitrogen and oxygen atoms in total. The van der Waals surface area contributed by atoms with Crippen LogP contribution >= 0.6 is 0 Å². The van der Waals surface area contributed by atoms with Gasteiger partial charge >= 0.3 is 22.4 Å². The van der Waals surface area contributed by atoms with E-state index in [4.69, 9.17) is 0 Å². The molecular formula is C9H11AgO3S. The van der Waals surface area contributed by atoms with Gasteiger partial charge in [-0.05, 0) is 31.9 Å². The molecule has 0 spiro atoms. The summed E-state index contributed by atoms with van der Waals surface area (Å²) in [5.74, 6) is 0. The molecule has 1 rings (SSSR count). The van der Waals surface area contributed by atoms with E-state index in [9.17, 15) is 13.0 Å². The van der Waals surface area contributed by atoms with E-state index in [1.165, 1.54) is 0 Å². The molecule has 0 heterocycles. The van der Waals surface area contributed by atoms with Gasteiger partial charge in [-0.15, -0.1) is 0 Å². The Morgan fingerprint density at radius 2 is 1.43 bits per heavy atom. The number of hydrogen-bond acceptors (Lipinski definition) is 3. The van der Waals surface area contributed by atoms with Crippen LogP contribution in [0.4, 0.5) is 0 Å². The largest absolute Gasteiger partial charge is 1.00 e. The molecule has 0 aliphatic carbocycles. The van der Waals surface area contributed by atoms with Gasteiger partial charge in [0.15, 0.2) is 0 Å². The van der Waals surface area contributed by atoms with Gasteiger partial charge in [0.1, 0.15) is 10.1 Å². The monoisotopic (exact) mass is 306 g/mol. The molecule has 1 aromatic rings. The predicted molar refractivity (Wildman–Crippen MR) is 48.6 cm³/mol. The van der Waals surface area contributed by atoms with Crippen molar-refractivity contribution in [3.63, 3.8) is 0 Å². The SMILES string of the molecule is Cc1cc(C)c(S(=O)(=O)[O-])c(C)c1.[Ag+]. The number of aryl methyl sites for hydroxylation is 3. The van der Waals surface area contributed by atoms with Crippen molar-refractivity contribution in [2.45, 2.75) is 25.7 Å². The standard InChI is InChI=1S/C9H12O3S.Ag/c1-6-4-7(2)9(8(3)5-6)13(10,11)12;/h4-5H,1-3H3,(H,10,11,12);/q;+1/p-1. The fourth-order valence-corrected chi connectivity index (χ4v) is 2.47. The van der Waals surface area contributed by atoms with E-state index in [1.54, 1.807) is 26.0 Å². The zero-order valence-corrected chi connectivity index (χ0v) is 10.4. The third kappa shape index (κ3) is 2.93. The van der Waals surface area contributed by atoms with Crippen molar-refractivity contribution in [2.75, 3.05) is 0 Å². The smallest absolute Gasteiger partial charge is 0.744 e. The minimum absolute atomic E-state index is 0. The summed E-state index contributed by atoms with van der Waals surface area (Å²) >= 11 is 0.